The maximum Gasteiger partial charge on any atom is 0.294 e. The van der Waals surface area contributed by atoms with Gasteiger partial charge in [-0.1, -0.05) is 23.7 Å². The van der Waals surface area contributed by atoms with Gasteiger partial charge in [0, 0.05) is 17.3 Å². The van der Waals surface area contributed by atoms with E-state index in [0.29, 0.717) is 17.3 Å². The van der Waals surface area contributed by atoms with Crippen molar-refractivity contribution in [1.82, 2.24) is 24.5 Å². The van der Waals surface area contributed by atoms with Crippen LogP contribution in [0.5, 0.6) is 0 Å². The molecule has 1 aliphatic rings. The first-order valence-corrected chi connectivity index (χ1v) is 8.91. The van der Waals surface area contributed by atoms with Crippen molar-refractivity contribution in [3.63, 3.8) is 0 Å². The highest BCUT2D eigenvalue weighted by molar-refractivity contribution is 6.30. The van der Waals surface area contributed by atoms with Crippen LogP contribution in [0.2, 0.25) is 5.02 Å². The SMILES string of the molecule is Cc1cc(C(F)F)n2nc(C(=O)N3CCC[C@@H]3c3ccc(Cl)cc3)nc2n1. The molecule has 1 atom stereocenters. The Bertz CT molecular complexity index is 1000. The maximum atomic E-state index is 13.3. The molecule has 0 aliphatic carbocycles. The van der Waals surface area contributed by atoms with E-state index in [2.05, 4.69) is 15.1 Å². The van der Waals surface area contributed by atoms with Crippen molar-refractivity contribution in [2.24, 2.45) is 0 Å². The highest BCUT2D eigenvalue weighted by Gasteiger charge is 2.33. The van der Waals surface area contributed by atoms with Gasteiger partial charge in [0.1, 0.15) is 5.69 Å². The van der Waals surface area contributed by atoms with Gasteiger partial charge < -0.3 is 4.90 Å². The summed E-state index contributed by atoms with van der Waals surface area (Å²) in [6.45, 7) is 2.15. The molecule has 0 bridgehead atoms. The average Bonchev–Trinajstić information content (AvgIpc) is 3.27. The molecule has 1 fully saturated rings. The Morgan fingerprint density at radius 3 is 2.70 bits per heavy atom. The van der Waals surface area contributed by atoms with Gasteiger partial charge in [-0.25, -0.2) is 13.8 Å². The lowest BCUT2D eigenvalue weighted by atomic mass is 10.0. The van der Waals surface area contributed by atoms with Crippen LogP contribution in [0.15, 0.2) is 30.3 Å². The minimum absolute atomic E-state index is 0.00381. The first-order chi connectivity index (χ1) is 12.9. The Balaban J connectivity index is 1.69. The second-order valence-electron chi connectivity index (χ2n) is 6.48. The summed E-state index contributed by atoms with van der Waals surface area (Å²) in [5.41, 5.74) is 1.03. The molecule has 140 valence electrons. The van der Waals surface area contributed by atoms with E-state index >= 15 is 0 Å². The Morgan fingerprint density at radius 1 is 1.26 bits per heavy atom. The van der Waals surface area contributed by atoms with Crippen molar-refractivity contribution in [2.75, 3.05) is 6.54 Å². The van der Waals surface area contributed by atoms with Gasteiger partial charge in [0.2, 0.25) is 5.82 Å². The zero-order valence-electron chi connectivity index (χ0n) is 14.4. The van der Waals surface area contributed by atoms with Crippen LogP contribution in [0, 0.1) is 6.92 Å². The number of carbonyl (C=O) groups is 1. The van der Waals surface area contributed by atoms with E-state index in [1.165, 1.54) is 6.07 Å². The van der Waals surface area contributed by atoms with Crippen molar-refractivity contribution < 1.29 is 13.6 Å². The third kappa shape index (κ3) is 3.25. The zero-order valence-corrected chi connectivity index (χ0v) is 15.2. The Hall–Kier alpha value is -2.61. The van der Waals surface area contributed by atoms with E-state index in [4.69, 9.17) is 11.6 Å². The molecule has 27 heavy (non-hydrogen) atoms. The van der Waals surface area contributed by atoms with Crippen LogP contribution in [0.1, 0.15) is 52.9 Å². The van der Waals surface area contributed by atoms with Gasteiger partial charge in [-0.3, -0.25) is 4.79 Å². The van der Waals surface area contributed by atoms with Crippen LogP contribution in [0.25, 0.3) is 5.78 Å². The van der Waals surface area contributed by atoms with E-state index in [0.717, 1.165) is 22.9 Å². The molecule has 0 unspecified atom stereocenters. The smallest absolute Gasteiger partial charge is 0.294 e. The molecule has 1 amide bonds. The predicted octanol–water partition coefficient (Wildman–Crippen LogP) is 4.00. The van der Waals surface area contributed by atoms with Crippen LogP contribution < -0.4 is 0 Å². The molecular formula is C18H16ClF2N5O. The van der Waals surface area contributed by atoms with Crippen LogP contribution in [0.4, 0.5) is 8.78 Å². The summed E-state index contributed by atoms with van der Waals surface area (Å²) in [4.78, 5) is 22.9. The van der Waals surface area contributed by atoms with E-state index in [-0.39, 0.29) is 23.3 Å². The summed E-state index contributed by atoms with van der Waals surface area (Å²) >= 11 is 5.94. The Morgan fingerprint density at radius 2 is 2.00 bits per heavy atom. The topological polar surface area (TPSA) is 63.4 Å². The number of carbonyl (C=O) groups excluding carboxylic acids is 1. The Kier molecular flexibility index (Phi) is 4.51. The molecule has 0 radical (unpaired) electrons. The number of alkyl halides is 2. The second kappa shape index (κ2) is 6.84. The fraction of sp³-hybridized carbons (Fsp3) is 0.333. The van der Waals surface area contributed by atoms with Gasteiger partial charge in [0.25, 0.3) is 18.1 Å². The monoisotopic (exact) mass is 391 g/mol. The molecule has 4 rings (SSSR count). The lowest BCUT2D eigenvalue weighted by Gasteiger charge is -2.23. The number of amides is 1. The number of aromatic nitrogens is 4. The van der Waals surface area contributed by atoms with E-state index < -0.39 is 12.3 Å². The van der Waals surface area contributed by atoms with Crippen LogP contribution in [-0.4, -0.2) is 36.9 Å². The number of halogens is 3. The largest absolute Gasteiger partial charge is 0.329 e. The van der Waals surface area contributed by atoms with Gasteiger partial charge in [0.05, 0.1) is 6.04 Å². The molecule has 3 heterocycles. The number of hydrogen-bond acceptors (Lipinski definition) is 4. The number of nitrogens with zero attached hydrogens (tertiary/aromatic N) is 5. The van der Waals surface area contributed by atoms with Gasteiger partial charge >= 0.3 is 0 Å². The molecule has 0 N–H and O–H groups in total. The fourth-order valence-corrected chi connectivity index (χ4v) is 3.56. The number of fused-ring (bicyclic) bond motifs is 1. The molecule has 9 heteroatoms. The van der Waals surface area contributed by atoms with Crippen molar-refractivity contribution in [3.05, 3.63) is 58.1 Å². The summed E-state index contributed by atoms with van der Waals surface area (Å²) in [5.74, 6) is -0.525. The molecule has 3 aromatic rings. The molecule has 1 aromatic carbocycles. The van der Waals surface area contributed by atoms with Gasteiger partial charge in [-0.05, 0) is 43.5 Å². The molecule has 1 aliphatic heterocycles. The number of rotatable bonds is 3. The lowest BCUT2D eigenvalue weighted by molar-refractivity contribution is 0.0723. The average molecular weight is 392 g/mol. The molecule has 2 aromatic heterocycles. The zero-order chi connectivity index (χ0) is 19.1. The fourth-order valence-electron chi connectivity index (χ4n) is 3.43. The number of likely N-dealkylation sites (tertiary alicyclic amines) is 1. The molecule has 6 nitrogen and oxygen atoms in total. The third-order valence-electron chi connectivity index (χ3n) is 4.65. The van der Waals surface area contributed by atoms with Crippen molar-refractivity contribution in [2.45, 2.75) is 32.2 Å². The first kappa shape index (κ1) is 17.8. The van der Waals surface area contributed by atoms with Crippen molar-refractivity contribution in [1.29, 1.82) is 0 Å². The molecular weight excluding hydrogens is 376 g/mol. The quantitative estimate of drug-likeness (QED) is 0.677. The highest BCUT2D eigenvalue weighted by Crippen LogP contribution is 2.33. The van der Waals surface area contributed by atoms with Crippen LogP contribution >= 0.6 is 11.6 Å². The van der Waals surface area contributed by atoms with Crippen molar-refractivity contribution >= 4 is 23.3 Å². The number of hydrogen-bond donors (Lipinski definition) is 0. The van der Waals surface area contributed by atoms with Gasteiger partial charge in [-0.15, -0.1) is 5.10 Å². The summed E-state index contributed by atoms with van der Waals surface area (Å²) in [6.07, 6.45) is -1.10. The Labute approximate surface area is 158 Å². The summed E-state index contributed by atoms with van der Waals surface area (Å²) in [5, 5.41) is 4.64. The molecule has 1 saturated heterocycles. The van der Waals surface area contributed by atoms with E-state index in [1.54, 1.807) is 24.0 Å². The van der Waals surface area contributed by atoms with E-state index in [1.807, 2.05) is 12.1 Å². The third-order valence-corrected chi connectivity index (χ3v) is 4.90. The minimum Gasteiger partial charge on any atom is -0.329 e. The normalized spacial score (nSPS) is 17.2. The molecule has 0 spiro atoms. The van der Waals surface area contributed by atoms with Gasteiger partial charge in [-0.2, -0.15) is 9.50 Å². The highest BCUT2D eigenvalue weighted by atomic mass is 35.5. The summed E-state index contributed by atoms with van der Waals surface area (Å²) in [7, 11) is 0. The van der Waals surface area contributed by atoms with Gasteiger partial charge in [0.15, 0.2) is 0 Å². The molecule has 0 saturated carbocycles. The van der Waals surface area contributed by atoms with Crippen LogP contribution in [-0.2, 0) is 0 Å². The lowest BCUT2D eigenvalue weighted by Crippen LogP contribution is -2.31. The van der Waals surface area contributed by atoms with E-state index in [9.17, 15) is 13.6 Å². The van der Waals surface area contributed by atoms with Crippen LogP contribution in [0.3, 0.4) is 0 Å². The first-order valence-electron chi connectivity index (χ1n) is 8.53. The number of aryl methyl sites for hydroxylation is 1. The summed E-state index contributed by atoms with van der Waals surface area (Å²) < 4.78 is 27.5. The maximum absolute atomic E-state index is 13.3. The second-order valence-corrected chi connectivity index (χ2v) is 6.91. The number of benzene rings is 1. The predicted molar refractivity (Wildman–Crippen MR) is 94.9 cm³/mol. The van der Waals surface area contributed by atoms with Crippen molar-refractivity contribution in [3.8, 4) is 0 Å². The summed E-state index contributed by atoms with van der Waals surface area (Å²) in [6, 6.07) is 8.45. The standard InChI is InChI=1S/C18H16ClF2N5O/c1-10-9-14(15(20)21)26-18(22-10)23-16(24-26)17(27)25-8-2-3-13(25)11-4-6-12(19)7-5-11/h4-7,9,13,15H,2-3,8H2,1H3/t13-/m1/s1. The minimum atomic E-state index is -2.74.